The summed E-state index contributed by atoms with van der Waals surface area (Å²) in [5, 5.41) is 4.20. The van der Waals surface area contributed by atoms with E-state index in [1.807, 2.05) is 10.9 Å². The van der Waals surface area contributed by atoms with Crippen molar-refractivity contribution in [2.45, 2.75) is 40.2 Å². The predicted octanol–water partition coefficient (Wildman–Crippen LogP) is 2.06. The topological polar surface area (TPSA) is 34.9 Å². The maximum absolute atomic E-state index is 10.9. The van der Waals surface area contributed by atoms with Crippen LogP contribution in [0.15, 0.2) is 12.4 Å². The lowest BCUT2D eigenvalue weighted by Crippen LogP contribution is -2.04. The van der Waals surface area contributed by atoms with Crippen LogP contribution in [0.25, 0.3) is 0 Å². The van der Waals surface area contributed by atoms with Gasteiger partial charge in [0.05, 0.1) is 6.20 Å². The number of rotatable bonds is 5. The molecule has 0 fully saturated rings. The molecule has 0 saturated heterocycles. The molecule has 0 saturated carbocycles. The normalized spacial score (nSPS) is 12.8. The average molecular weight is 194 g/mol. The summed E-state index contributed by atoms with van der Waals surface area (Å²) in [5.41, 5.74) is 1.22. The Morgan fingerprint density at radius 3 is 2.86 bits per heavy atom. The monoisotopic (exact) mass is 194 g/mol. The summed E-state index contributed by atoms with van der Waals surface area (Å²) in [6.07, 6.45) is 5.55. The van der Waals surface area contributed by atoms with Crippen molar-refractivity contribution in [1.29, 1.82) is 0 Å². The van der Waals surface area contributed by atoms with Gasteiger partial charge in [-0.15, -0.1) is 0 Å². The van der Waals surface area contributed by atoms with Crippen molar-refractivity contribution in [1.82, 2.24) is 9.78 Å². The molecular weight excluding hydrogens is 176 g/mol. The molecule has 0 radical (unpaired) electrons. The van der Waals surface area contributed by atoms with Gasteiger partial charge in [0, 0.05) is 19.2 Å². The quantitative estimate of drug-likeness (QED) is 0.719. The van der Waals surface area contributed by atoms with Crippen molar-refractivity contribution in [2.24, 2.45) is 5.92 Å². The molecule has 3 nitrogen and oxygen atoms in total. The fourth-order valence-corrected chi connectivity index (χ4v) is 1.65. The minimum atomic E-state index is 0.264. The molecule has 0 aliphatic heterocycles. The van der Waals surface area contributed by atoms with Gasteiger partial charge in [0.1, 0.15) is 5.78 Å². The van der Waals surface area contributed by atoms with Crippen molar-refractivity contribution in [2.75, 3.05) is 0 Å². The highest BCUT2D eigenvalue weighted by molar-refractivity contribution is 5.75. The molecule has 0 aliphatic rings. The number of hydrogen-bond donors (Lipinski definition) is 0. The first-order valence-electron chi connectivity index (χ1n) is 5.12. The van der Waals surface area contributed by atoms with E-state index in [1.165, 1.54) is 5.56 Å². The van der Waals surface area contributed by atoms with Gasteiger partial charge < -0.3 is 4.79 Å². The minimum absolute atomic E-state index is 0.264. The Hall–Kier alpha value is -1.12. The van der Waals surface area contributed by atoms with Gasteiger partial charge in [-0.2, -0.15) is 5.10 Å². The first-order chi connectivity index (χ1) is 6.61. The van der Waals surface area contributed by atoms with E-state index < -0.39 is 0 Å². The number of hydrogen-bond acceptors (Lipinski definition) is 2. The summed E-state index contributed by atoms with van der Waals surface area (Å²) in [6, 6.07) is 0. The van der Waals surface area contributed by atoms with Crippen molar-refractivity contribution < 1.29 is 4.79 Å². The van der Waals surface area contributed by atoms with Gasteiger partial charge in [-0.1, -0.05) is 6.92 Å². The highest BCUT2D eigenvalue weighted by atomic mass is 16.1. The summed E-state index contributed by atoms with van der Waals surface area (Å²) in [7, 11) is 0. The van der Waals surface area contributed by atoms with Crippen LogP contribution in [0.5, 0.6) is 0 Å². The lowest BCUT2D eigenvalue weighted by molar-refractivity contribution is -0.117. The predicted molar refractivity (Wildman–Crippen MR) is 56.1 cm³/mol. The van der Waals surface area contributed by atoms with Gasteiger partial charge in [0.25, 0.3) is 0 Å². The summed E-state index contributed by atoms with van der Waals surface area (Å²) in [5.74, 6) is 0.683. The van der Waals surface area contributed by atoms with E-state index in [4.69, 9.17) is 0 Å². The molecule has 1 rings (SSSR count). The second kappa shape index (κ2) is 4.94. The van der Waals surface area contributed by atoms with Crippen LogP contribution in [-0.4, -0.2) is 15.6 Å². The molecular formula is C11H18N2O. The number of aryl methyl sites for hydroxylation is 1. The van der Waals surface area contributed by atoms with Gasteiger partial charge in [-0.3, -0.25) is 4.68 Å². The molecule has 1 aromatic rings. The molecule has 78 valence electrons. The summed E-state index contributed by atoms with van der Waals surface area (Å²) in [4.78, 5) is 10.9. The van der Waals surface area contributed by atoms with Gasteiger partial charge in [0.2, 0.25) is 0 Å². The Kier molecular flexibility index (Phi) is 3.86. The van der Waals surface area contributed by atoms with E-state index in [0.29, 0.717) is 12.3 Å². The molecule has 1 aromatic heterocycles. The maximum Gasteiger partial charge on any atom is 0.130 e. The molecule has 3 heteroatoms. The Bertz CT molecular complexity index is 304. The van der Waals surface area contributed by atoms with E-state index in [1.54, 1.807) is 6.92 Å². The molecule has 0 amide bonds. The Balaban J connectivity index is 2.47. The van der Waals surface area contributed by atoms with Crippen molar-refractivity contribution >= 4 is 5.78 Å². The van der Waals surface area contributed by atoms with E-state index in [9.17, 15) is 4.79 Å². The summed E-state index contributed by atoms with van der Waals surface area (Å²) in [6.45, 7) is 6.72. The zero-order valence-electron chi connectivity index (χ0n) is 9.16. The SMILES string of the molecule is CCn1cc(CC(C)CC(C)=O)cn1. The zero-order chi connectivity index (χ0) is 10.6. The van der Waals surface area contributed by atoms with Crippen LogP contribution in [0.4, 0.5) is 0 Å². The second-order valence-electron chi connectivity index (χ2n) is 3.92. The van der Waals surface area contributed by atoms with E-state index in [-0.39, 0.29) is 5.78 Å². The standard InChI is InChI=1S/C11H18N2O/c1-4-13-8-11(7-12-13)6-9(2)5-10(3)14/h7-9H,4-6H2,1-3H3. The number of carbonyl (C=O) groups excluding carboxylic acids is 1. The third-order valence-electron chi connectivity index (χ3n) is 2.23. The van der Waals surface area contributed by atoms with Crippen LogP contribution in [0.2, 0.25) is 0 Å². The third-order valence-corrected chi connectivity index (χ3v) is 2.23. The maximum atomic E-state index is 10.9. The number of carbonyl (C=O) groups is 1. The number of nitrogens with zero attached hydrogens (tertiary/aromatic N) is 2. The van der Waals surface area contributed by atoms with Crippen LogP contribution >= 0.6 is 0 Å². The van der Waals surface area contributed by atoms with Crippen LogP contribution in [0, 0.1) is 5.92 Å². The average Bonchev–Trinajstić information content (AvgIpc) is 2.50. The van der Waals surface area contributed by atoms with Gasteiger partial charge in [-0.05, 0) is 31.7 Å². The second-order valence-corrected chi connectivity index (χ2v) is 3.92. The van der Waals surface area contributed by atoms with Crippen LogP contribution in [0.3, 0.4) is 0 Å². The van der Waals surface area contributed by atoms with Crippen LogP contribution in [-0.2, 0) is 17.8 Å². The van der Waals surface area contributed by atoms with Crippen molar-refractivity contribution in [3.05, 3.63) is 18.0 Å². The molecule has 0 bridgehead atoms. The Morgan fingerprint density at radius 2 is 2.36 bits per heavy atom. The van der Waals surface area contributed by atoms with Gasteiger partial charge >= 0.3 is 0 Å². The zero-order valence-corrected chi connectivity index (χ0v) is 9.16. The number of Topliss-reactive ketones (excluding diaryl/α,β-unsaturated/α-hetero) is 1. The smallest absolute Gasteiger partial charge is 0.130 e. The molecule has 1 unspecified atom stereocenters. The molecule has 0 aromatic carbocycles. The van der Waals surface area contributed by atoms with E-state index in [2.05, 4.69) is 25.1 Å². The molecule has 0 spiro atoms. The summed E-state index contributed by atoms with van der Waals surface area (Å²) >= 11 is 0. The largest absolute Gasteiger partial charge is 0.300 e. The summed E-state index contributed by atoms with van der Waals surface area (Å²) < 4.78 is 1.91. The first kappa shape index (κ1) is 11.0. The molecule has 1 heterocycles. The van der Waals surface area contributed by atoms with E-state index >= 15 is 0 Å². The van der Waals surface area contributed by atoms with Gasteiger partial charge in [-0.25, -0.2) is 0 Å². The molecule has 0 aliphatic carbocycles. The lowest BCUT2D eigenvalue weighted by Gasteiger charge is -2.06. The van der Waals surface area contributed by atoms with Crippen LogP contribution < -0.4 is 0 Å². The Morgan fingerprint density at radius 1 is 1.64 bits per heavy atom. The Labute approximate surface area is 85.1 Å². The fraction of sp³-hybridized carbons (Fsp3) is 0.636. The lowest BCUT2D eigenvalue weighted by atomic mass is 9.98. The highest BCUT2D eigenvalue weighted by Gasteiger charge is 2.07. The molecule has 1 atom stereocenters. The van der Waals surface area contributed by atoms with E-state index in [0.717, 1.165) is 13.0 Å². The minimum Gasteiger partial charge on any atom is -0.300 e. The number of aromatic nitrogens is 2. The third kappa shape index (κ3) is 3.32. The van der Waals surface area contributed by atoms with Crippen LogP contribution in [0.1, 0.15) is 32.8 Å². The van der Waals surface area contributed by atoms with Crippen molar-refractivity contribution in [3.8, 4) is 0 Å². The first-order valence-corrected chi connectivity index (χ1v) is 5.12. The number of ketones is 1. The molecule has 0 N–H and O–H groups in total. The highest BCUT2D eigenvalue weighted by Crippen LogP contribution is 2.11. The molecule has 14 heavy (non-hydrogen) atoms. The fourth-order valence-electron chi connectivity index (χ4n) is 1.65. The van der Waals surface area contributed by atoms with Crippen molar-refractivity contribution in [3.63, 3.8) is 0 Å². The van der Waals surface area contributed by atoms with Gasteiger partial charge in [0.15, 0.2) is 0 Å².